The number of benzene rings is 1. The van der Waals surface area contributed by atoms with Crippen molar-refractivity contribution in [2.24, 2.45) is 0 Å². The first kappa shape index (κ1) is 12.7. The Morgan fingerprint density at radius 1 is 1.22 bits per heavy atom. The highest BCUT2D eigenvalue weighted by molar-refractivity contribution is 7.89. The van der Waals surface area contributed by atoms with E-state index in [4.69, 9.17) is 9.15 Å². The van der Waals surface area contributed by atoms with E-state index in [2.05, 4.69) is 4.72 Å². The van der Waals surface area contributed by atoms with Crippen LogP contribution in [0.4, 0.5) is 0 Å². The number of methoxy groups -OCH3 is 1. The molecule has 0 aliphatic heterocycles. The first-order valence-corrected chi connectivity index (χ1v) is 6.76. The molecule has 0 atom stereocenters. The largest absolute Gasteiger partial charge is 0.497 e. The number of furan rings is 1. The molecule has 1 aromatic carbocycles. The van der Waals surface area contributed by atoms with Crippen LogP contribution in [0.25, 0.3) is 0 Å². The third-order valence-electron chi connectivity index (χ3n) is 2.39. The maximum absolute atomic E-state index is 11.9. The fraction of sp³-hybridized carbons (Fsp3) is 0.167. The van der Waals surface area contributed by atoms with Gasteiger partial charge in [-0.05, 0) is 36.4 Å². The van der Waals surface area contributed by atoms with Crippen LogP contribution in [0.3, 0.4) is 0 Å². The lowest BCUT2D eigenvalue weighted by molar-refractivity contribution is 0.414. The van der Waals surface area contributed by atoms with Gasteiger partial charge in [0, 0.05) is 0 Å². The van der Waals surface area contributed by atoms with Crippen LogP contribution in [-0.4, -0.2) is 15.5 Å². The molecular formula is C12H13NO4S. The average molecular weight is 267 g/mol. The van der Waals surface area contributed by atoms with E-state index in [1.807, 2.05) is 0 Å². The molecule has 0 aliphatic carbocycles. The average Bonchev–Trinajstić information content (AvgIpc) is 2.90. The minimum Gasteiger partial charge on any atom is -0.497 e. The van der Waals surface area contributed by atoms with Crippen molar-refractivity contribution in [2.45, 2.75) is 11.4 Å². The highest BCUT2D eigenvalue weighted by atomic mass is 32.2. The van der Waals surface area contributed by atoms with E-state index < -0.39 is 10.0 Å². The summed E-state index contributed by atoms with van der Waals surface area (Å²) >= 11 is 0. The topological polar surface area (TPSA) is 68.5 Å². The van der Waals surface area contributed by atoms with Gasteiger partial charge in [-0.15, -0.1) is 0 Å². The number of nitrogens with one attached hydrogen (secondary N) is 1. The zero-order chi connectivity index (χ0) is 13.0. The molecule has 96 valence electrons. The summed E-state index contributed by atoms with van der Waals surface area (Å²) < 4.78 is 36.3. The van der Waals surface area contributed by atoms with Crippen molar-refractivity contribution in [1.29, 1.82) is 0 Å². The third-order valence-corrected chi connectivity index (χ3v) is 3.80. The van der Waals surface area contributed by atoms with Gasteiger partial charge in [-0.25, -0.2) is 13.1 Å². The van der Waals surface area contributed by atoms with Crippen LogP contribution in [0.2, 0.25) is 0 Å². The van der Waals surface area contributed by atoms with Crippen LogP contribution in [0, 0.1) is 0 Å². The van der Waals surface area contributed by atoms with Crippen molar-refractivity contribution in [3.8, 4) is 5.75 Å². The summed E-state index contributed by atoms with van der Waals surface area (Å²) in [7, 11) is -2.00. The van der Waals surface area contributed by atoms with E-state index in [1.54, 1.807) is 24.3 Å². The Bertz CT molecular complexity index is 588. The van der Waals surface area contributed by atoms with Crippen LogP contribution in [0.1, 0.15) is 5.76 Å². The lowest BCUT2D eigenvalue weighted by Crippen LogP contribution is -2.22. The molecule has 0 spiro atoms. The zero-order valence-corrected chi connectivity index (χ0v) is 10.6. The molecule has 2 rings (SSSR count). The van der Waals surface area contributed by atoms with Gasteiger partial charge >= 0.3 is 0 Å². The van der Waals surface area contributed by atoms with Gasteiger partial charge in [0.2, 0.25) is 10.0 Å². The summed E-state index contributed by atoms with van der Waals surface area (Å²) in [5.41, 5.74) is 0. The molecule has 0 aliphatic rings. The first-order valence-electron chi connectivity index (χ1n) is 5.28. The molecule has 0 fully saturated rings. The molecule has 0 amide bonds. The predicted molar refractivity (Wildman–Crippen MR) is 65.7 cm³/mol. The minimum absolute atomic E-state index is 0.126. The highest BCUT2D eigenvalue weighted by Crippen LogP contribution is 2.15. The number of hydrogen-bond acceptors (Lipinski definition) is 4. The molecule has 0 radical (unpaired) electrons. The second kappa shape index (κ2) is 5.24. The van der Waals surface area contributed by atoms with Crippen molar-refractivity contribution in [3.05, 3.63) is 48.4 Å². The van der Waals surface area contributed by atoms with Gasteiger partial charge in [0.1, 0.15) is 11.5 Å². The maximum Gasteiger partial charge on any atom is 0.240 e. The Balaban J connectivity index is 2.09. The second-order valence-electron chi connectivity index (χ2n) is 3.58. The second-order valence-corrected chi connectivity index (χ2v) is 5.35. The van der Waals surface area contributed by atoms with Crippen LogP contribution in [0.5, 0.6) is 5.75 Å². The molecule has 2 aromatic rings. The number of hydrogen-bond donors (Lipinski definition) is 1. The number of rotatable bonds is 5. The summed E-state index contributed by atoms with van der Waals surface area (Å²) in [5.74, 6) is 1.17. The summed E-state index contributed by atoms with van der Waals surface area (Å²) in [6.07, 6.45) is 1.50. The molecule has 5 nitrogen and oxygen atoms in total. The fourth-order valence-corrected chi connectivity index (χ4v) is 2.41. The van der Waals surface area contributed by atoms with E-state index in [9.17, 15) is 8.42 Å². The zero-order valence-electron chi connectivity index (χ0n) is 9.79. The Morgan fingerprint density at radius 2 is 1.94 bits per heavy atom. The third kappa shape index (κ3) is 2.91. The molecule has 1 heterocycles. The molecule has 1 aromatic heterocycles. The molecular weight excluding hydrogens is 254 g/mol. The molecule has 0 unspecified atom stereocenters. The molecule has 0 saturated carbocycles. The smallest absolute Gasteiger partial charge is 0.240 e. The molecule has 1 N–H and O–H groups in total. The van der Waals surface area contributed by atoms with Gasteiger partial charge in [-0.1, -0.05) is 0 Å². The molecule has 0 saturated heterocycles. The Labute approximate surface area is 105 Å². The summed E-state index contributed by atoms with van der Waals surface area (Å²) in [5, 5.41) is 0. The van der Waals surface area contributed by atoms with E-state index in [-0.39, 0.29) is 11.4 Å². The molecule has 18 heavy (non-hydrogen) atoms. The van der Waals surface area contributed by atoms with E-state index in [0.717, 1.165) is 0 Å². The molecule has 0 bridgehead atoms. The van der Waals surface area contributed by atoms with Crippen LogP contribution < -0.4 is 9.46 Å². The lowest BCUT2D eigenvalue weighted by Gasteiger charge is -2.06. The normalized spacial score (nSPS) is 11.4. The predicted octanol–water partition coefficient (Wildman–Crippen LogP) is 1.77. The van der Waals surface area contributed by atoms with E-state index >= 15 is 0 Å². The fourth-order valence-electron chi connectivity index (χ4n) is 1.42. The SMILES string of the molecule is COc1ccc(S(=O)(=O)NCc2ccco2)cc1. The van der Waals surface area contributed by atoms with Crippen LogP contribution >= 0.6 is 0 Å². The van der Waals surface area contributed by atoms with Crippen molar-refractivity contribution in [3.63, 3.8) is 0 Å². The number of ether oxygens (including phenoxy) is 1. The van der Waals surface area contributed by atoms with Gasteiger partial charge in [-0.2, -0.15) is 0 Å². The van der Waals surface area contributed by atoms with Gasteiger partial charge in [-0.3, -0.25) is 0 Å². The Hall–Kier alpha value is -1.79. The summed E-state index contributed by atoms with van der Waals surface area (Å²) in [6.45, 7) is 0.126. The minimum atomic E-state index is -3.53. The lowest BCUT2D eigenvalue weighted by atomic mass is 10.3. The van der Waals surface area contributed by atoms with Gasteiger partial charge in [0.15, 0.2) is 0 Å². The van der Waals surface area contributed by atoms with Crippen LogP contribution in [-0.2, 0) is 16.6 Å². The Kier molecular flexibility index (Phi) is 3.69. The van der Waals surface area contributed by atoms with Gasteiger partial charge in [0.05, 0.1) is 24.8 Å². The quantitative estimate of drug-likeness (QED) is 0.896. The number of sulfonamides is 1. The van der Waals surface area contributed by atoms with Gasteiger partial charge in [0.25, 0.3) is 0 Å². The van der Waals surface area contributed by atoms with E-state index in [1.165, 1.54) is 25.5 Å². The van der Waals surface area contributed by atoms with Crippen molar-refractivity contribution < 1.29 is 17.6 Å². The van der Waals surface area contributed by atoms with Crippen molar-refractivity contribution in [1.82, 2.24) is 4.72 Å². The first-order chi connectivity index (χ1) is 8.62. The summed E-state index contributed by atoms with van der Waals surface area (Å²) in [4.78, 5) is 0.190. The highest BCUT2D eigenvalue weighted by Gasteiger charge is 2.14. The van der Waals surface area contributed by atoms with Crippen molar-refractivity contribution in [2.75, 3.05) is 7.11 Å². The van der Waals surface area contributed by atoms with Crippen LogP contribution in [0.15, 0.2) is 52.0 Å². The monoisotopic (exact) mass is 267 g/mol. The standard InChI is InChI=1S/C12H13NO4S/c1-16-10-4-6-12(7-5-10)18(14,15)13-9-11-3-2-8-17-11/h2-8,13H,9H2,1H3. The van der Waals surface area contributed by atoms with E-state index in [0.29, 0.717) is 11.5 Å². The van der Waals surface area contributed by atoms with Crippen molar-refractivity contribution >= 4 is 10.0 Å². The van der Waals surface area contributed by atoms with Gasteiger partial charge < -0.3 is 9.15 Å². The Morgan fingerprint density at radius 3 is 2.50 bits per heavy atom. The summed E-state index contributed by atoms with van der Waals surface area (Å²) in [6, 6.07) is 9.59. The molecule has 6 heteroatoms. The maximum atomic E-state index is 11.9.